The summed E-state index contributed by atoms with van der Waals surface area (Å²) in [5, 5.41) is 13.1. The van der Waals surface area contributed by atoms with Crippen molar-refractivity contribution in [3.63, 3.8) is 0 Å². The smallest absolute Gasteiger partial charge is 0.271 e. The Morgan fingerprint density at radius 3 is 2.56 bits per heavy atom. The summed E-state index contributed by atoms with van der Waals surface area (Å²) < 4.78 is 3.04. The first-order valence-electron chi connectivity index (χ1n) is 8.50. The van der Waals surface area contributed by atoms with Gasteiger partial charge in [-0.1, -0.05) is 25.6 Å². The fourth-order valence-corrected chi connectivity index (χ4v) is 4.18. The molecule has 0 unspecified atom stereocenters. The van der Waals surface area contributed by atoms with Crippen LogP contribution in [0.5, 0.6) is 0 Å². The van der Waals surface area contributed by atoms with Crippen molar-refractivity contribution in [2.45, 2.75) is 39.3 Å². The number of hydrogen-bond donors (Lipinski definition) is 1. The average molecular weight is 363 g/mol. The number of piperidine rings is 1. The molecule has 136 valence electrons. The number of amides is 1. The summed E-state index contributed by atoms with van der Waals surface area (Å²) in [4.78, 5) is 14.4. The number of carbonyl (C=O) groups is 1. The maximum absolute atomic E-state index is 12.5. The fraction of sp³-hybridized carbons (Fsp3) is 0.625. The molecule has 2 aromatic heterocycles. The largest absolute Gasteiger partial charge is 0.341 e. The zero-order valence-electron chi connectivity index (χ0n) is 15.1. The summed E-state index contributed by atoms with van der Waals surface area (Å²) >= 11 is 1.31. The van der Waals surface area contributed by atoms with Crippen LogP contribution in [0.3, 0.4) is 0 Å². The van der Waals surface area contributed by atoms with Crippen molar-refractivity contribution in [3.8, 4) is 5.95 Å². The highest BCUT2D eigenvalue weighted by Gasteiger charge is 2.26. The molecule has 0 aromatic carbocycles. The van der Waals surface area contributed by atoms with E-state index in [9.17, 15) is 4.79 Å². The van der Waals surface area contributed by atoms with Crippen LogP contribution in [0.25, 0.3) is 5.95 Å². The van der Waals surface area contributed by atoms with Gasteiger partial charge in [-0.05, 0) is 38.2 Å². The fourth-order valence-electron chi connectivity index (χ4n) is 3.43. The van der Waals surface area contributed by atoms with Crippen LogP contribution in [0.1, 0.15) is 31.7 Å². The van der Waals surface area contributed by atoms with Crippen molar-refractivity contribution in [3.05, 3.63) is 17.5 Å². The van der Waals surface area contributed by atoms with Crippen molar-refractivity contribution >= 4 is 17.7 Å². The van der Waals surface area contributed by atoms with Crippen LogP contribution in [-0.2, 0) is 4.79 Å². The van der Waals surface area contributed by atoms with Gasteiger partial charge in [-0.2, -0.15) is 5.10 Å². The standard InChI is InChI=1S/C16H25N7OS/c1-10-5-11(2)8-21(7-10)14(24)9-25-16-19-18-15(22(16)17)23-13(4)6-12(3)20-23/h6,10-11H,5,7-9,17H2,1-4H3/t10-,11+. The molecule has 0 bridgehead atoms. The van der Waals surface area contributed by atoms with E-state index in [1.165, 1.54) is 22.9 Å². The van der Waals surface area contributed by atoms with Gasteiger partial charge in [-0.25, -0.2) is 9.36 Å². The Kier molecular flexibility index (Phi) is 5.03. The second kappa shape index (κ2) is 7.07. The number of hydrogen-bond acceptors (Lipinski definition) is 6. The summed E-state index contributed by atoms with van der Waals surface area (Å²) in [5.74, 6) is 8.09. The lowest BCUT2D eigenvalue weighted by Crippen LogP contribution is -2.43. The van der Waals surface area contributed by atoms with E-state index in [4.69, 9.17) is 5.84 Å². The molecule has 1 aliphatic heterocycles. The lowest BCUT2D eigenvalue weighted by atomic mass is 9.92. The zero-order valence-corrected chi connectivity index (χ0v) is 16.0. The van der Waals surface area contributed by atoms with E-state index in [0.29, 0.717) is 28.7 Å². The Morgan fingerprint density at radius 2 is 1.96 bits per heavy atom. The molecule has 0 spiro atoms. The first-order chi connectivity index (χ1) is 11.8. The van der Waals surface area contributed by atoms with Gasteiger partial charge >= 0.3 is 0 Å². The quantitative estimate of drug-likeness (QED) is 0.651. The molecule has 0 radical (unpaired) electrons. The van der Waals surface area contributed by atoms with Crippen molar-refractivity contribution in [1.29, 1.82) is 0 Å². The molecular formula is C16H25N7OS. The Hall–Kier alpha value is -2.03. The second-order valence-electron chi connectivity index (χ2n) is 7.02. The molecule has 8 nitrogen and oxygen atoms in total. The highest BCUT2D eigenvalue weighted by molar-refractivity contribution is 7.99. The third-order valence-electron chi connectivity index (χ3n) is 4.39. The summed E-state index contributed by atoms with van der Waals surface area (Å²) in [6.07, 6.45) is 1.18. The highest BCUT2D eigenvalue weighted by atomic mass is 32.2. The number of nitrogen functional groups attached to an aromatic ring is 1. The molecule has 25 heavy (non-hydrogen) atoms. The van der Waals surface area contributed by atoms with Crippen LogP contribution in [0.4, 0.5) is 0 Å². The average Bonchev–Trinajstić information content (AvgIpc) is 3.05. The number of nitrogens with two attached hydrogens (primary N) is 1. The Labute approximate surface area is 151 Å². The molecule has 1 saturated heterocycles. The highest BCUT2D eigenvalue weighted by Crippen LogP contribution is 2.23. The predicted octanol–water partition coefficient (Wildman–Crippen LogP) is 1.39. The first-order valence-corrected chi connectivity index (χ1v) is 9.48. The van der Waals surface area contributed by atoms with E-state index >= 15 is 0 Å². The minimum absolute atomic E-state index is 0.124. The van der Waals surface area contributed by atoms with Crippen LogP contribution in [0.2, 0.25) is 0 Å². The van der Waals surface area contributed by atoms with Crippen LogP contribution in [0, 0.1) is 25.7 Å². The van der Waals surface area contributed by atoms with E-state index in [1.807, 2.05) is 24.8 Å². The minimum Gasteiger partial charge on any atom is -0.341 e. The van der Waals surface area contributed by atoms with Crippen molar-refractivity contribution in [2.24, 2.45) is 11.8 Å². The van der Waals surface area contributed by atoms with Crippen molar-refractivity contribution in [1.82, 2.24) is 29.6 Å². The molecule has 0 saturated carbocycles. The summed E-state index contributed by atoms with van der Waals surface area (Å²) in [6, 6.07) is 1.95. The van der Waals surface area contributed by atoms with Crippen LogP contribution in [-0.4, -0.2) is 54.3 Å². The van der Waals surface area contributed by atoms with E-state index in [-0.39, 0.29) is 5.91 Å². The van der Waals surface area contributed by atoms with Crippen LogP contribution in [0.15, 0.2) is 11.2 Å². The maximum atomic E-state index is 12.5. The number of rotatable bonds is 4. The lowest BCUT2D eigenvalue weighted by Gasteiger charge is -2.34. The molecule has 1 amide bonds. The van der Waals surface area contributed by atoms with E-state index in [2.05, 4.69) is 29.1 Å². The van der Waals surface area contributed by atoms with Crippen LogP contribution < -0.4 is 5.84 Å². The van der Waals surface area contributed by atoms with E-state index in [1.54, 1.807) is 4.68 Å². The number of thioether (sulfide) groups is 1. The molecule has 2 aromatic rings. The Bertz CT molecular complexity index is 759. The van der Waals surface area contributed by atoms with Gasteiger partial charge in [-0.3, -0.25) is 4.79 Å². The number of aromatic nitrogens is 5. The third-order valence-corrected chi connectivity index (χ3v) is 5.32. The third kappa shape index (κ3) is 3.81. The predicted molar refractivity (Wildman–Crippen MR) is 97.0 cm³/mol. The molecule has 3 rings (SSSR count). The molecule has 1 fully saturated rings. The number of aryl methyl sites for hydroxylation is 2. The van der Waals surface area contributed by atoms with Gasteiger partial charge in [0.05, 0.1) is 11.4 Å². The molecule has 3 heterocycles. The monoisotopic (exact) mass is 363 g/mol. The van der Waals surface area contributed by atoms with Gasteiger partial charge in [0.25, 0.3) is 5.95 Å². The SMILES string of the molecule is Cc1cc(C)n(-c2nnc(SCC(=O)N3C[C@H](C)C[C@H](C)C3)n2N)n1. The van der Waals surface area contributed by atoms with Gasteiger partial charge < -0.3 is 10.7 Å². The van der Waals surface area contributed by atoms with Gasteiger partial charge in [-0.15, -0.1) is 10.2 Å². The van der Waals surface area contributed by atoms with Crippen molar-refractivity contribution < 1.29 is 4.79 Å². The van der Waals surface area contributed by atoms with Gasteiger partial charge in [0.2, 0.25) is 11.1 Å². The molecular weight excluding hydrogens is 338 g/mol. The number of carbonyl (C=O) groups excluding carboxylic acids is 1. The van der Waals surface area contributed by atoms with Gasteiger partial charge in [0.1, 0.15) is 0 Å². The number of nitrogens with zero attached hydrogens (tertiary/aromatic N) is 6. The normalized spacial score (nSPS) is 20.9. The van der Waals surface area contributed by atoms with Gasteiger partial charge in [0, 0.05) is 18.8 Å². The van der Waals surface area contributed by atoms with Crippen LogP contribution >= 0.6 is 11.8 Å². The minimum atomic E-state index is 0.124. The van der Waals surface area contributed by atoms with Crippen molar-refractivity contribution in [2.75, 3.05) is 24.7 Å². The Balaban J connectivity index is 1.66. The molecule has 2 atom stereocenters. The number of likely N-dealkylation sites (tertiary alicyclic amines) is 1. The maximum Gasteiger partial charge on any atom is 0.271 e. The summed E-state index contributed by atoms with van der Waals surface area (Å²) in [6.45, 7) is 9.89. The molecule has 1 aliphatic rings. The van der Waals surface area contributed by atoms with E-state index < -0.39 is 0 Å². The topological polar surface area (TPSA) is 94.9 Å². The summed E-state index contributed by atoms with van der Waals surface area (Å²) in [5.41, 5.74) is 1.82. The Morgan fingerprint density at radius 1 is 1.28 bits per heavy atom. The van der Waals surface area contributed by atoms with Gasteiger partial charge in [0.15, 0.2) is 0 Å². The molecule has 0 aliphatic carbocycles. The lowest BCUT2D eigenvalue weighted by molar-refractivity contribution is -0.130. The summed E-state index contributed by atoms with van der Waals surface area (Å²) in [7, 11) is 0. The molecule has 2 N–H and O–H groups in total. The zero-order chi connectivity index (χ0) is 18.1. The second-order valence-corrected chi connectivity index (χ2v) is 7.97. The first kappa shape index (κ1) is 17.8. The van der Waals surface area contributed by atoms with E-state index in [0.717, 1.165) is 24.5 Å². The molecule has 9 heteroatoms.